The number of pyridine rings is 1. The van der Waals surface area contributed by atoms with Crippen molar-refractivity contribution in [1.29, 1.82) is 0 Å². The normalized spacial score (nSPS) is 21.7. The van der Waals surface area contributed by atoms with E-state index in [1.807, 2.05) is 11.8 Å². The Labute approximate surface area is 114 Å². The average Bonchev–Trinajstić information content (AvgIpc) is 3.21. The molecule has 0 aromatic carbocycles. The Morgan fingerprint density at radius 1 is 1.50 bits per heavy atom. The fourth-order valence-corrected chi connectivity index (χ4v) is 3.08. The van der Waals surface area contributed by atoms with Crippen LogP contribution in [-0.2, 0) is 13.0 Å². The topological polar surface area (TPSA) is 16.1 Å². The molecule has 98 valence electrons. The Hall–Kier alpha value is -0.540. The van der Waals surface area contributed by atoms with Gasteiger partial charge in [-0.2, -0.15) is 11.8 Å². The first-order valence-corrected chi connectivity index (χ1v) is 8.28. The van der Waals surface area contributed by atoms with Crippen molar-refractivity contribution in [2.45, 2.75) is 38.0 Å². The minimum absolute atomic E-state index is 0.557. The van der Waals surface area contributed by atoms with Gasteiger partial charge in [0, 0.05) is 43.2 Å². The third kappa shape index (κ3) is 2.72. The Kier molecular flexibility index (Phi) is 3.62. The van der Waals surface area contributed by atoms with E-state index in [0.29, 0.717) is 5.25 Å². The van der Waals surface area contributed by atoms with Gasteiger partial charge in [0.1, 0.15) is 0 Å². The second-order valence-corrected chi connectivity index (χ2v) is 6.86. The second-order valence-electron chi connectivity index (χ2n) is 5.68. The Balaban J connectivity index is 1.74. The van der Waals surface area contributed by atoms with Crippen molar-refractivity contribution < 1.29 is 0 Å². The van der Waals surface area contributed by atoms with Gasteiger partial charge in [0.05, 0.1) is 0 Å². The van der Waals surface area contributed by atoms with E-state index in [9.17, 15) is 0 Å². The van der Waals surface area contributed by atoms with Crippen LogP contribution in [0.15, 0.2) is 12.3 Å². The number of hydrogen-bond acceptors (Lipinski definition) is 3. The molecule has 2 heterocycles. The van der Waals surface area contributed by atoms with Crippen molar-refractivity contribution >= 4 is 11.8 Å². The molecule has 0 amide bonds. The van der Waals surface area contributed by atoms with Gasteiger partial charge >= 0.3 is 0 Å². The maximum atomic E-state index is 4.68. The van der Waals surface area contributed by atoms with Crippen molar-refractivity contribution in [2.24, 2.45) is 5.92 Å². The summed E-state index contributed by atoms with van der Waals surface area (Å²) in [4.78, 5) is 7.30. The van der Waals surface area contributed by atoms with Crippen LogP contribution >= 0.6 is 11.8 Å². The number of hydrogen-bond donors (Lipinski definition) is 0. The molecule has 1 fully saturated rings. The summed E-state index contributed by atoms with van der Waals surface area (Å²) < 4.78 is 0. The zero-order valence-electron chi connectivity index (χ0n) is 11.4. The van der Waals surface area contributed by atoms with Crippen molar-refractivity contribution in [3.8, 4) is 0 Å². The molecule has 3 heteroatoms. The van der Waals surface area contributed by atoms with Gasteiger partial charge in [-0.15, -0.1) is 0 Å². The lowest BCUT2D eigenvalue weighted by Gasteiger charge is -2.28. The molecule has 0 N–H and O–H groups in total. The zero-order valence-corrected chi connectivity index (χ0v) is 12.2. The number of aromatic nitrogens is 1. The van der Waals surface area contributed by atoms with Gasteiger partial charge in [0.2, 0.25) is 0 Å². The molecule has 0 radical (unpaired) electrons. The predicted octanol–water partition coefficient (Wildman–Crippen LogP) is 3.27. The third-order valence-electron chi connectivity index (χ3n) is 4.18. The number of fused-ring (bicyclic) bond motifs is 1. The maximum absolute atomic E-state index is 4.68. The molecule has 2 aliphatic rings. The van der Waals surface area contributed by atoms with Crippen LogP contribution in [0.3, 0.4) is 0 Å². The van der Waals surface area contributed by atoms with Crippen molar-refractivity contribution in [2.75, 3.05) is 19.3 Å². The predicted molar refractivity (Wildman–Crippen MR) is 77.9 cm³/mol. The van der Waals surface area contributed by atoms with Gasteiger partial charge in [-0.1, -0.05) is 6.07 Å². The molecule has 18 heavy (non-hydrogen) atoms. The molecule has 1 aliphatic heterocycles. The zero-order chi connectivity index (χ0) is 12.5. The maximum Gasteiger partial charge on any atom is 0.0461 e. The van der Waals surface area contributed by atoms with Crippen LogP contribution in [0.25, 0.3) is 0 Å². The van der Waals surface area contributed by atoms with Gasteiger partial charge < -0.3 is 0 Å². The van der Waals surface area contributed by atoms with E-state index in [1.54, 1.807) is 0 Å². The summed E-state index contributed by atoms with van der Waals surface area (Å²) in [5, 5.41) is 0.557. The third-order valence-corrected chi connectivity index (χ3v) is 5.16. The lowest BCUT2D eigenvalue weighted by molar-refractivity contribution is 0.242. The van der Waals surface area contributed by atoms with Crippen LogP contribution in [-0.4, -0.2) is 29.2 Å². The standard InChI is InChI=1S/C15H22N2S/c1-11(18-2)13-7-14-10-17(9-12-3-4-12)6-5-15(14)16-8-13/h7-8,11-12H,3-6,9-10H2,1-2H3. The SMILES string of the molecule is CSC(C)c1cnc2c(c1)CN(CC1CC1)CC2. The first-order chi connectivity index (χ1) is 8.76. The average molecular weight is 262 g/mol. The fourth-order valence-electron chi connectivity index (χ4n) is 2.68. The highest BCUT2D eigenvalue weighted by Gasteiger charge is 2.26. The summed E-state index contributed by atoms with van der Waals surface area (Å²) in [5.74, 6) is 0.993. The number of rotatable bonds is 4. The van der Waals surface area contributed by atoms with Crippen LogP contribution in [0.4, 0.5) is 0 Å². The second kappa shape index (κ2) is 5.22. The van der Waals surface area contributed by atoms with E-state index in [0.717, 1.165) is 18.9 Å². The smallest absolute Gasteiger partial charge is 0.0461 e. The molecular weight excluding hydrogens is 240 g/mol. The highest BCUT2D eigenvalue weighted by Crippen LogP contribution is 2.32. The minimum atomic E-state index is 0.557. The molecule has 0 saturated heterocycles. The molecule has 1 unspecified atom stereocenters. The van der Waals surface area contributed by atoms with E-state index in [1.165, 1.54) is 42.8 Å². The fraction of sp³-hybridized carbons (Fsp3) is 0.667. The van der Waals surface area contributed by atoms with Crippen molar-refractivity contribution in [1.82, 2.24) is 9.88 Å². The Morgan fingerprint density at radius 3 is 3.06 bits per heavy atom. The van der Waals surface area contributed by atoms with Crippen LogP contribution < -0.4 is 0 Å². The van der Waals surface area contributed by atoms with Gasteiger partial charge in [-0.25, -0.2) is 0 Å². The largest absolute Gasteiger partial charge is 0.298 e. The van der Waals surface area contributed by atoms with E-state index in [4.69, 9.17) is 0 Å². The molecule has 1 atom stereocenters. The van der Waals surface area contributed by atoms with Crippen LogP contribution in [0.1, 0.15) is 41.8 Å². The number of nitrogens with zero attached hydrogens (tertiary/aromatic N) is 2. The summed E-state index contributed by atoms with van der Waals surface area (Å²) in [6, 6.07) is 2.39. The van der Waals surface area contributed by atoms with Gasteiger partial charge in [-0.3, -0.25) is 9.88 Å². The van der Waals surface area contributed by atoms with Gasteiger partial charge in [0.25, 0.3) is 0 Å². The molecule has 3 rings (SSSR count). The molecule has 0 spiro atoms. The highest BCUT2D eigenvalue weighted by atomic mass is 32.2. The van der Waals surface area contributed by atoms with Gasteiger partial charge in [0.15, 0.2) is 0 Å². The Morgan fingerprint density at radius 2 is 2.33 bits per heavy atom. The monoisotopic (exact) mass is 262 g/mol. The van der Waals surface area contributed by atoms with Crippen LogP contribution in [0.5, 0.6) is 0 Å². The molecule has 1 aromatic heterocycles. The summed E-state index contributed by atoms with van der Waals surface area (Å²) in [6.45, 7) is 5.89. The summed E-state index contributed by atoms with van der Waals surface area (Å²) in [5.41, 5.74) is 4.19. The highest BCUT2D eigenvalue weighted by molar-refractivity contribution is 7.98. The van der Waals surface area contributed by atoms with Gasteiger partial charge in [-0.05, 0) is 43.1 Å². The van der Waals surface area contributed by atoms with E-state index in [-0.39, 0.29) is 0 Å². The van der Waals surface area contributed by atoms with E-state index < -0.39 is 0 Å². The van der Waals surface area contributed by atoms with Crippen molar-refractivity contribution in [3.63, 3.8) is 0 Å². The minimum Gasteiger partial charge on any atom is -0.298 e. The lowest BCUT2D eigenvalue weighted by atomic mass is 10.0. The summed E-state index contributed by atoms with van der Waals surface area (Å²) >= 11 is 1.90. The molecule has 2 nitrogen and oxygen atoms in total. The molecular formula is C15H22N2S. The molecule has 0 bridgehead atoms. The first kappa shape index (κ1) is 12.5. The van der Waals surface area contributed by atoms with E-state index >= 15 is 0 Å². The van der Waals surface area contributed by atoms with Crippen LogP contribution in [0, 0.1) is 5.92 Å². The quantitative estimate of drug-likeness (QED) is 0.828. The van der Waals surface area contributed by atoms with Crippen molar-refractivity contribution in [3.05, 3.63) is 29.1 Å². The van der Waals surface area contributed by atoms with Crippen LogP contribution in [0.2, 0.25) is 0 Å². The Bertz CT molecular complexity index is 429. The molecule has 1 saturated carbocycles. The first-order valence-electron chi connectivity index (χ1n) is 6.99. The summed E-state index contributed by atoms with van der Waals surface area (Å²) in [6.07, 6.45) is 8.28. The van der Waals surface area contributed by atoms with E-state index in [2.05, 4.69) is 35.3 Å². The molecule has 1 aromatic rings. The molecule has 1 aliphatic carbocycles. The number of thioether (sulfide) groups is 1. The summed E-state index contributed by atoms with van der Waals surface area (Å²) in [7, 11) is 0. The lowest BCUT2D eigenvalue weighted by Crippen LogP contribution is -2.32.